The van der Waals surface area contributed by atoms with Crippen LogP contribution >= 0.6 is 11.5 Å². The van der Waals surface area contributed by atoms with Crippen LogP contribution in [0.15, 0.2) is 24.4 Å². The van der Waals surface area contributed by atoms with Crippen molar-refractivity contribution in [1.29, 1.82) is 0 Å². The first kappa shape index (κ1) is 11.2. The van der Waals surface area contributed by atoms with Crippen LogP contribution < -0.4 is 5.73 Å². The van der Waals surface area contributed by atoms with Gasteiger partial charge in [0.1, 0.15) is 0 Å². The summed E-state index contributed by atoms with van der Waals surface area (Å²) in [6.07, 6.45) is 8.43. The molecule has 1 aromatic heterocycles. The molecule has 1 aliphatic rings. The number of benzene rings is 1. The summed E-state index contributed by atoms with van der Waals surface area (Å²) in [4.78, 5) is 0. The topological polar surface area (TPSA) is 38.9 Å². The Morgan fingerprint density at radius 2 is 2.06 bits per heavy atom. The number of nitrogens with zero attached hydrogens (tertiary/aromatic N) is 1. The quantitative estimate of drug-likeness (QED) is 0.881. The number of fused-ring (bicyclic) bond motifs is 1. The zero-order chi connectivity index (χ0) is 11.7. The molecular weight excluding hydrogens is 228 g/mol. The molecule has 0 amide bonds. The van der Waals surface area contributed by atoms with Crippen LogP contribution in [0.4, 0.5) is 0 Å². The van der Waals surface area contributed by atoms with E-state index in [1.165, 1.54) is 47.8 Å². The van der Waals surface area contributed by atoms with Crippen molar-refractivity contribution >= 4 is 21.6 Å². The van der Waals surface area contributed by atoms with Gasteiger partial charge in [-0.2, -0.15) is 4.37 Å². The average Bonchev–Trinajstić information content (AvgIpc) is 2.87. The number of hydrogen-bond acceptors (Lipinski definition) is 3. The summed E-state index contributed by atoms with van der Waals surface area (Å²) in [6.45, 7) is 0.768. The maximum Gasteiger partial charge on any atom is 0.0588 e. The fraction of sp³-hybridized carbons (Fsp3) is 0.500. The Kier molecular flexibility index (Phi) is 2.89. The van der Waals surface area contributed by atoms with E-state index < -0.39 is 0 Å². The molecule has 3 rings (SSSR count). The number of nitrogens with two attached hydrogens (primary N) is 1. The molecule has 0 radical (unpaired) electrons. The maximum absolute atomic E-state index is 6.11. The first-order chi connectivity index (χ1) is 8.36. The van der Waals surface area contributed by atoms with Crippen LogP contribution in [0.1, 0.15) is 37.7 Å². The van der Waals surface area contributed by atoms with Gasteiger partial charge in [-0.25, -0.2) is 0 Å². The maximum atomic E-state index is 6.11. The lowest BCUT2D eigenvalue weighted by Gasteiger charge is -2.37. The highest BCUT2D eigenvalue weighted by molar-refractivity contribution is 7.13. The monoisotopic (exact) mass is 246 g/mol. The van der Waals surface area contributed by atoms with Crippen LogP contribution in [0.3, 0.4) is 0 Å². The SMILES string of the molecule is NCC1(c2cccc3cnsc23)CCCCC1. The van der Waals surface area contributed by atoms with Crippen molar-refractivity contribution in [2.24, 2.45) is 5.73 Å². The lowest BCUT2D eigenvalue weighted by molar-refractivity contribution is 0.303. The minimum atomic E-state index is 0.213. The van der Waals surface area contributed by atoms with E-state index in [1.54, 1.807) is 11.5 Å². The summed E-state index contributed by atoms with van der Waals surface area (Å²) in [6, 6.07) is 6.56. The van der Waals surface area contributed by atoms with Gasteiger partial charge in [-0.05, 0) is 29.9 Å². The Labute approximate surface area is 106 Å². The predicted octanol–water partition coefficient (Wildman–Crippen LogP) is 3.46. The highest BCUT2D eigenvalue weighted by Gasteiger charge is 2.34. The van der Waals surface area contributed by atoms with Crippen LogP contribution in [-0.4, -0.2) is 10.9 Å². The third-order valence-corrected chi connectivity index (χ3v) is 5.00. The van der Waals surface area contributed by atoms with E-state index in [0.29, 0.717) is 0 Å². The Hall–Kier alpha value is -0.930. The second-order valence-electron chi connectivity index (χ2n) is 5.09. The van der Waals surface area contributed by atoms with Crippen molar-refractivity contribution in [3.63, 3.8) is 0 Å². The summed E-state index contributed by atoms with van der Waals surface area (Å²) in [5.74, 6) is 0. The molecule has 0 spiro atoms. The fourth-order valence-corrected chi connectivity index (χ4v) is 4.00. The van der Waals surface area contributed by atoms with Crippen LogP contribution in [0.25, 0.3) is 10.1 Å². The summed E-state index contributed by atoms with van der Waals surface area (Å²) in [5, 5.41) is 1.27. The molecule has 2 N–H and O–H groups in total. The van der Waals surface area contributed by atoms with Gasteiger partial charge in [0, 0.05) is 23.5 Å². The molecule has 1 aromatic carbocycles. The van der Waals surface area contributed by atoms with Crippen LogP contribution in [-0.2, 0) is 5.41 Å². The van der Waals surface area contributed by atoms with Gasteiger partial charge in [0.05, 0.1) is 4.70 Å². The smallest absolute Gasteiger partial charge is 0.0588 e. The van der Waals surface area contributed by atoms with Crippen LogP contribution in [0, 0.1) is 0 Å². The van der Waals surface area contributed by atoms with E-state index >= 15 is 0 Å². The molecule has 1 fully saturated rings. The van der Waals surface area contributed by atoms with E-state index in [1.807, 2.05) is 6.20 Å². The standard InChI is InChI=1S/C14H18N2S/c15-10-14(7-2-1-3-8-14)12-6-4-5-11-9-16-17-13(11)12/h4-6,9H,1-3,7-8,10,15H2. The molecule has 0 unspecified atom stereocenters. The van der Waals surface area contributed by atoms with Gasteiger partial charge in [0.2, 0.25) is 0 Å². The number of rotatable bonds is 2. The van der Waals surface area contributed by atoms with Crippen molar-refractivity contribution in [3.05, 3.63) is 30.0 Å². The third kappa shape index (κ3) is 1.78. The third-order valence-electron chi connectivity index (χ3n) is 4.15. The van der Waals surface area contributed by atoms with Crippen LogP contribution in [0.2, 0.25) is 0 Å². The van der Waals surface area contributed by atoms with Gasteiger partial charge in [-0.1, -0.05) is 37.5 Å². The Balaban J connectivity index is 2.14. The first-order valence-electron chi connectivity index (χ1n) is 6.40. The Morgan fingerprint density at radius 1 is 1.24 bits per heavy atom. The molecule has 1 heterocycles. The largest absolute Gasteiger partial charge is 0.330 e. The zero-order valence-electron chi connectivity index (χ0n) is 9.98. The second kappa shape index (κ2) is 4.39. The number of aromatic nitrogens is 1. The first-order valence-corrected chi connectivity index (χ1v) is 7.17. The van der Waals surface area contributed by atoms with E-state index in [0.717, 1.165) is 6.54 Å². The van der Waals surface area contributed by atoms with Gasteiger partial charge in [-0.15, -0.1) is 0 Å². The van der Waals surface area contributed by atoms with Crippen molar-refractivity contribution in [3.8, 4) is 0 Å². The van der Waals surface area contributed by atoms with Gasteiger partial charge in [-0.3, -0.25) is 0 Å². The molecule has 0 atom stereocenters. The highest BCUT2D eigenvalue weighted by Crippen LogP contribution is 2.42. The normalized spacial score (nSPS) is 19.6. The summed E-state index contributed by atoms with van der Waals surface area (Å²) >= 11 is 1.62. The molecule has 90 valence electrons. The van der Waals surface area contributed by atoms with Crippen molar-refractivity contribution in [2.75, 3.05) is 6.54 Å². The highest BCUT2D eigenvalue weighted by atomic mass is 32.1. The predicted molar refractivity (Wildman–Crippen MR) is 73.4 cm³/mol. The van der Waals surface area contributed by atoms with Crippen molar-refractivity contribution in [2.45, 2.75) is 37.5 Å². The zero-order valence-corrected chi connectivity index (χ0v) is 10.8. The van der Waals surface area contributed by atoms with E-state index in [9.17, 15) is 0 Å². The minimum absolute atomic E-state index is 0.213. The second-order valence-corrected chi connectivity index (χ2v) is 5.90. The molecule has 0 bridgehead atoms. The van der Waals surface area contributed by atoms with E-state index in [2.05, 4.69) is 22.6 Å². The summed E-state index contributed by atoms with van der Waals surface area (Å²) < 4.78 is 5.67. The average molecular weight is 246 g/mol. The lowest BCUT2D eigenvalue weighted by Crippen LogP contribution is -2.37. The summed E-state index contributed by atoms with van der Waals surface area (Å²) in [5.41, 5.74) is 7.77. The van der Waals surface area contributed by atoms with Crippen molar-refractivity contribution < 1.29 is 0 Å². The Morgan fingerprint density at radius 3 is 2.82 bits per heavy atom. The van der Waals surface area contributed by atoms with Gasteiger partial charge >= 0.3 is 0 Å². The molecule has 2 aromatic rings. The molecule has 0 aliphatic heterocycles. The molecule has 3 heteroatoms. The molecule has 1 aliphatic carbocycles. The van der Waals surface area contributed by atoms with Gasteiger partial charge in [0.25, 0.3) is 0 Å². The van der Waals surface area contributed by atoms with Gasteiger partial charge in [0.15, 0.2) is 0 Å². The van der Waals surface area contributed by atoms with Gasteiger partial charge < -0.3 is 5.73 Å². The van der Waals surface area contributed by atoms with E-state index in [4.69, 9.17) is 5.73 Å². The fourth-order valence-electron chi connectivity index (χ4n) is 3.12. The minimum Gasteiger partial charge on any atom is -0.330 e. The Bertz CT molecular complexity index is 512. The molecule has 2 nitrogen and oxygen atoms in total. The molecule has 1 saturated carbocycles. The lowest BCUT2D eigenvalue weighted by atomic mass is 9.69. The number of hydrogen-bond donors (Lipinski definition) is 1. The van der Waals surface area contributed by atoms with E-state index in [-0.39, 0.29) is 5.41 Å². The summed E-state index contributed by atoms with van der Waals surface area (Å²) in [7, 11) is 0. The molecule has 0 saturated heterocycles. The van der Waals surface area contributed by atoms with Crippen LogP contribution in [0.5, 0.6) is 0 Å². The molecule has 17 heavy (non-hydrogen) atoms. The van der Waals surface area contributed by atoms with Crippen molar-refractivity contribution in [1.82, 2.24) is 4.37 Å². The molecular formula is C14H18N2S.